The fraction of sp³-hybridized carbons (Fsp3) is 0.357. The van der Waals surface area contributed by atoms with Crippen LogP contribution in [-0.2, 0) is 6.54 Å². The first-order chi connectivity index (χ1) is 10.3. The minimum absolute atomic E-state index is 0.347. The number of hydrogen-bond acceptors (Lipinski definition) is 4. The molecule has 0 saturated heterocycles. The number of carbonyl (C=O) groups is 1. The zero-order chi connectivity index (χ0) is 16.3. The second-order valence-corrected chi connectivity index (χ2v) is 5.84. The predicted molar refractivity (Wildman–Crippen MR) is 82.3 cm³/mol. The number of nitrogens with zero attached hydrogens (tertiary/aromatic N) is 3. The standard InChI is InChI=1S/C14H17ClN4O3/c1-14(2,18-13(20)21)8-19-7-9(5-17-19)10-6-16-12(15)4-11(10)22-3/h4-7,18H,8H2,1-3H3,(H,20,21). The van der Waals surface area contributed by atoms with Crippen LogP contribution in [0.15, 0.2) is 24.7 Å². The summed E-state index contributed by atoms with van der Waals surface area (Å²) in [6.45, 7) is 3.96. The smallest absolute Gasteiger partial charge is 0.405 e. The van der Waals surface area contributed by atoms with Crippen molar-refractivity contribution in [1.29, 1.82) is 0 Å². The van der Waals surface area contributed by atoms with E-state index < -0.39 is 11.6 Å². The van der Waals surface area contributed by atoms with Gasteiger partial charge in [-0.15, -0.1) is 0 Å². The van der Waals surface area contributed by atoms with E-state index >= 15 is 0 Å². The molecule has 8 heteroatoms. The Morgan fingerprint density at radius 2 is 2.23 bits per heavy atom. The van der Waals surface area contributed by atoms with Gasteiger partial charge in [-0.3, -0.25) is 4.68 Å². The van der Waals surface area contributed by atoms with E-state index in [0.29, 0.717) is 17.4 Å². The summed E-state index contributed by atoms with van der Waals surface area (Å²) in [7, 11) is 1.56. The second-order valence-electron chi connectivity index (χ2n) is 5.45. The number of ether oxygens (including phenoxy) is 1. The van der Waals surface area contributed by atoms with Crippen molar-refractivity contribution in [2.75, 3.05) is 7.11 Å². The molecular weight excluding hydrogens is 308 g/mol. The lowest BCUT2D eigenvalue weighted by Crippen LogP contribution is -2.46. The zero-order valence-corrected chi connectivity index (χ0v) is 13.3. The number of pyridine rings is 1. The number of halogens is 1. The molecule has 2 rings (SSSR count). The Labute approximate surface area is 132 Å². The van der Waals surface area contributed by atoms with Gasteiger partial charge < -0.3 is 15.2 Å². The Morgan fingerprint density at radius 3 is 2.86 bits per heavy atom. The van der Waals surface area contributed by atoms with Crippen molar-refractivity contribution in [2.45, 2.75) is 25.9 Å². The molecule has 118 valence electrons. The maximum atomic E-state index is 10.8. The van der Waals surface area contributed by atoms with Gasteiger partial charge >= 0.3 is 6.09 Å². The van der Waals surface area contributed by atoms with Crippen LogP contribution in [0.4, 0.5) is 4.79 Å². The third-order valence-electron chi connectivity index (χ3n) is 3.00. The molecule has 0 unspecified atom stereocenters. The monoisotopic (exact) mass is 324 g/mol. The van der Waals surface area contributed by atoms with Crippen molar-refractivity contribution < 1.29 is 14.6 Å². The number of carboxylic acid groups (broad SMARTS) is 1. The molecular formula is C14H17ClN4O3. The summed E-state index contributed by atoms with van der Waals surface area (Å²) in [5.41, 5.74) is 0.937. The van der Waals surface area contributed by atoms with Gasteiger partial charge in [-0.05, 0) is 13.8 Å². The van der Waals surface area contributed by atoms with Crippen LogP contribution in [0.25, 0.3) is 11.1 Å². The fourth-order valence-electron chi connectivity index (χ4n) is 2.12. The molecule has 2 aromatic rings. The molecule has 0 aromatic carbocycles. The van der Waals surface area contributed by atoms with Crippen molar-refractivity contribution in [3.05, 3.63) is 29.8 Å². The van der Waals surface area contributed by atoms with E-state index in [0.717, 1.165) is 11.1 Å². The minimum atomic E-state index is -1.07. The maximum Gasteiger partial charge on any atom is 0.405 e. The summed E-state index contributed by atoms with van der Waals surface area (Å²) in [6, 6.07) is 1.63. The van der Waals surface area contributed by atoms with E-state index in [1.165, 1.54) is 0 Å². The summed E-state index contributed by atoms with van der Waals surface area (Å²) in [5.74, 6) is 0.600. The highest BCUT2D eigenvalue weighted by Gasteiger charge is 2.21. The SMILES string of the molecule is COc1cc(Cl)ncc1-c1cnn(CC(C)(C)NC(=O)O)c1. The van der Waals surface area contributed by atoms with E-state index in [9.17, 15) is 4.79 Å². The van der Waals surface area contributed by atoms with Crippen LogP contribution in [0.2, 0.25) is 5.15 Å². The summed E-state index contributed by atoms with van der Waals surface area (Å²) in [6.07, 6.45) is 4.02. The summed E-state index contributed by atoms with van der Waals surface area (Å²) < 4.78 is 6.96. The van der Waals surface area contributed by atoms with Crippen LogP contribution in [0.3, 0.4) is 0 Å². The Morgan fingerprint density at radius 1 is 1.50 bits per heavy atom. The van der Waals surface area contributed by atoms with E-state index in [1.54, 1.807) is 50.3 Å². The first kappa shape index (κ1) is 16.1. The van der Waals surface area contributed by atoms with Crippen LogP contribution in [-0.4, -0.2) is 38.6 Å². The summed E-state index contributed by atoms with van der Waals surface area (Å²) in [4.78, 5) is 14.8. The van der Waals surface area contributed by atoms with Crippen molar-refractivity contribution >= 4 is 17.7 Å². The third kappa shape index (κ3) is 3.88. The average Bonchev–Trinajstić information content (AvgIpc) is 2.84. The normalized spacial score (nSPS) is 11.3. The average molecular weight is 325 g/mol. The Balaban J connectivity index is 2.23. The largest absolute Gasteiger partial charge is 0.496 e. The van der Waals surface area contributed by atoms with E-state index in [2.05, 4.69) is 15.4 Å². The Hall–Kier alpha value is -2.28. The molecule has 22 heavy (non-hydrogen) atoms. The lowest BCUT2D eigenvalue weighted by Gasteiger charge is -2.24. The lowest BCUT2D eigenvalue weighted by atomic mass is 10.1. The maximum absolute atomic E-state index is 10.8. The van der Waals surface area contributed by atoms with Gasteiger partial charge in [0.1, 0.15) is 10.9 Å². The highest BCUT2D eigenvalue weighted by Crippen LogP contribution is 2.30. The molecule has 2 N–H and O–H groups in total. The predicted octanol–water partition coefficient (Wildman–Crippen LogP) is 2.65. The number of amides is 1. The number of rotatable bonds is 5. The quantitative estimate of drug-likeness (QED) is 0.825. The van der Waals surface area contributed by atoms with Gasteiger partial charge in [0, 0.05) is 29.6 Å². The third-order valence-corrected chi connectivity index (χ3v) is 3.21. The number of methoxy groups -OCH3 is 1. The van der Waals surface area contributed by atoms with Crippen LogP contribution >= 0.6 is 11.6 Å². The number of nitrogens with one attached hydrogen (secondary N) is 1. The van der Waals surface area contributed by atoms with E-state index in [1.807, 2.05) is 0 Å². The molecule has 1 amide bonds. The van der Waals surface area contributed by atoms with E-state index in [-0.39, 0.29) is 0 Å². The molecule has 0 saturated carbocycles. The van der Waals surface area contributed by atoms with Crippen molar-refractivity contribution in [3.8, 4) is 16.9 Å². The van der Waals surface area contributed by atoms with Gasteiger partial charge in [0.25, 0.3) is 0 Å². The second kappa shape index (κ2) is 6.23. The van der Waals surface area contributed by atoms with Crippen LogP contribution in [0.1, 0.15) is 13.8 Å². The molecule has 0 radical (unpaired) electrons. The highest BCUT2D eigenvalue weighted by atomic mass is 35.5. The molecule has 0 atom stereocenters. The minimum Gasteiger partial charge on any atom is -0.496 e. The molecule has 0 aliphatic heterocycles. The molecule has 7 nitrogen and oxygen atoms in total. The van der Waals surface area contributed by atoms with Gasteiger partial charge in [0.15, 0.2) is 0 Å². The molecule has 0 fully saturated rings. The summed E-state index contributed by atoms with van der Waals surface area (Å²) >= 11 is 5.85. The van der Waals surface area contributed by atoms with Gasteiger partial charge in [0.2, 0.25) is 0 Å². The lowest BCUT2D eigenvalue weighted by molar-refractivity contribution is 0.178. The Kier molecular flexibility index (Phi) is 4.56. The van der Waals surface area contributed by atoms with Crippen molar-refractivity contribution in [2.24, 2.45) is 0 Å². The van der Waals surface area contributed by atoms with Crippen LogP contribution < -0.4 is 10.1 Å². The van der Waals surface area contributed by atoms with E-state index in [4.69, 9.17) is 21.4 Å². The molecule has 0 bridgehead atoms. The summed E-state index contributed by atoms with van der Waals surface area (Å²) in [5, 5.41) is 15.9. The van der Waals surface area contributed by atoms with Crippen molar-refractivity contribution in [3.63, 3.8) is 0 Å². The number of hydrogen-bond donors (Lipinski definition) is 2. The van der Waals surface area contributed by atoms with Gasteiger partial charge in [-0.1, -0.05) is 11.6 Å². The van der Waals surface area contributed by atoms with Crippen molar-refractivity contribution in [1.82, 2.24) is 20.1 Å². The zero-order valence-electron chi connectivity index (χ0n) is 12.5. The number of aromatic nitrogens is 3. The first-order valence-corrected chi connectivity index (χ1v) is 6.92. The van der Waals surface area contributed by atoms with Gasteiger partial charge in [0.05, 0.1) is 25.4 Å². The van der Waals surface area contributed by atoms with Gasteiger partial charge in [-0.2, -0.15) is 5.10 Å². The molecule has 0 spiro atoms. The van der Waals surface area contributed by atoms with Gasteiger partial charge in [-0.25, -0.2) is 9.78 Å². The van der Waals surface area contributed by atoms with Crippen LogP contribution in [0.5, 0.6) is 5.75 Å². The molecule has 0 aliphatic rings. The molecule has 2 aromatic heterocycles. The first-order valence-electron chi connectivity index (χ1n) is 6.54. The molecule has 2 heterocycles. The Bertz CT molecular complexity index is 684. The van der Waals surface area contributed by atoms with Crippen LogP contribution in [0, 0.1) is 0 Å². The highest BCUT2D eigenvalue weighted by molar-refractivity contribution is 6.29. The fourth-order valence-corrected chi connectivity index (χ4v) is 2.27. The topological polar surface area (TPSA) is 89.3 Å². The molecule has 0 aliphatic carbocycles.